The average Bonchev–Trinajstić information content (AvgIpc) is 3.46. The van der Waals surface area contributed by atoms with Gasteiger partial charge in [-0.25, -0.2) is 0 Å². The van der Waals surface area contributed by atoms with Gasteiger partial charge in [0.15, 0.2) is 11.0 Å². The van der Waals surface area contributed by atoms with Crippen LogP contribution >= 0.6 is 11.8 Å². The zero-order valence-corrected chi connectivity index (χ0v) is 18.0. The summed E-state index contributed by atoms with van der Waals surface area (Å²) < 4.78 is 12.8. The molecule has 4 rings (SSSR count). The zero-order valence-electron chi connectivity index (χ0n) is 17.2. The lowest BCUT2D eigenvalue weighted by atomic mass is 9.95. The Hall–Kier alpha value is -2.22. The molecule has 2 fully saturated rings. The molecule has 7 nitrogen and oxygen atoms in total. The minimum atomic E-state index is 0.0859. The molecular weight excluding hydrogens is 388 g/mol. The third-order valence-corrected chi connectivity index (χ3v) is 7.03. The number of hydrogen-bond acceptors (Lipinski definition) is 6. The van der Waals surface area contributed by atoms with Crippen LogP contribution < -0.4 is 14.8 Å². The molecule has 0 saturated heterocycles. The topological polar surface area (TPSA) is 78.3 Å². The normalized spacial score (nSPS) is 22.7. The number of methoxy groups -OCH3 is 2. The third kappa shape index (κ3) is 4.22. The maximum Gasteiger partial charge on any atom is 0.230 e. The molecule has 0 aliphatic heterocycles. The van der Waals surface area contributed by atoms with Crippen molar-refractivity contribution in [3.05, 3.63) is 18.2 Å². The molecule has 3 atom stereocenters. The Balaban J connectivity index is 1.44. The van der Waals surface area contributed by atoms with Gasteiger partial charge in [0.05, 0.1) is 20.0 Å². The minimum Gasteiger partial charge on any atom is -0.497 e. The summed E-state index contributed by atoms with van der Waals surface area (Å²) in [7, 11) is 3.25. The Kier molecular flexibility index (Phi) is 5.99. The summed E-state index contributed by atoms with van der Waals surface area (Å²) in [6, 6.07) is 6.01. The van der Waals surface area contributed by atoms with Gasteiger partial charge >= 0.3 is 0 Å². The Bertz CT molecular complexity index is 863. The van der Waals surface area contributed by atoms with E-state index in [0.29, 0.717) is 35.8 Å². The first-order valence-electron chi connectivity index (χ1n) is 10.2. The number of thioether (sulfide) groups is 1. The van der Waals surface area contributed by atoms with Crippen molar-refractivity contribution < 1.29 is 14.3 Å². The van der Waals surface area contributed by atoms with Crippen LogP contribution in [0.4, 0.5) is 0 Å². The highest BCUT2D eigenvalue weighted by Crippen LogP contribution is 2.44. The fourth-order valence-corrected chi connectivity index (χ4v) is 5.44. The van der Waals surface area contributed by atoms with Gasteiger partial charge in [-0.1, -0.05) is 18.2 Å². The van der Waals surface area contributed by atoms with Crippen LogP contribution in [0.25, 0.3) is 11.4 Å². The van der Waals surface area contributed by atoms with Crippen molar-refractivity contribution in [2.45, 2.75) is 50.4 Å². The highest BCUT2D eigenvalue weighted by molar-refractivity contribution is 7.99. The number of carbonyl (C=O) groups excluding carboxylic acids is 1. The third-order valence-electron chi connectivity index (χ3n) is 6.06. The van der Waals surface area contributed by atoms with Crippen LogP contribution in [0.3, 0.4) is 0 Å². The van der Waals surface area contributed by atoms with Crippen molar-refractivity contribution in [1.82, 2.24) is 20.1 Å². The van der Waals surface area contributed by atoms with Crippen molar-refractivity contribution >= 4 is 17.7 Å². The first-order valence-corrected chi connectivity index (χ1v) is 11.2. The summed E-state index contributed by atoms with van der Waals surface area (Å²) >= 11 is 1.43. The highest BCUT2D eigenvalue weighted by atomic mass is 32.2. The maximum atomic E-state index is 12.5. The van der Waals surface area contributed by atoms with Crippen molar-refractivity contribution in [1.29, 1.82) is 0 Å². The van der Waals surface area contributed by atoms with Crippen LogP contribution in [-0.2, 0) is 11.3 Å². The van der Waals surface area contributed by atoms with Gasteiger partial charge in [-0.3, -0.25) is 4.79 Å². The predicted octanol–water partition coefficient (Wildman–Crippen LogP) is 3.38. The molecule has 1 aromatic carbocycles. The lowest BCUT2D eigenvalue weighted by Gasteiger charge is -2.22. The van der Waals surface area contributed by atoms with Gasteiger partial charge in [0.1, 0.15) is 11.5 Å². The standard InChI is InChI=1S/C21H28N4O3S/c1-4-25-20(15-9-16(27-2)11-17(10-15)28-3)23-24-21(25)29-12-19(26)22-18-8-13-5-6-14(18)7-13/h9-11,13-14,18H,4-8,12H2,1-3H3,(H,22,26). The van der Waals surface area contributed by atoms with Gasteiger partial charge < -0.3 is 19.4 Å². The van der Waals surface area contributed by atoms with Gasteiger partial charge in [-0.05, 0) is 50.2 Å². The molecule has 1 amide bonds. The van der Waals surface area contributed by atoms with E-state index in [1.165, 1.54) is 31.0 Å². The SMILES string of the molecule is CCn1c(SCC(=O)NC2CC3CCC2C3)nnc1-c1cc(OC)cc(OC)c1. The number of fused-ring (bicyclic) bond motifs is 2. The molecule has 1 aromatic heterocycles. The van der Waals surface area contributed by atoms with Crippen LogP contribution in [0.15, 0.2) is 23.4 Å². The largest absolute Gasteiger partial charge is 0.497 e. The number of hydrogen-bond donors (Lipinski definition) is 1. The van der Waals surface area contributed by atoms with Crippen LogP contribution in [0.5, 0.6) is 11.5 Å². The molecule has 2 aliphatic rings. The molecule has 2 saturated carbocycles. The molecule has 2 bridgehead atoms. The Morgan fingerprint density at radius 2 is 1.93 bits per heavy atom. The summed E-state index contributed by atoms with van der Waals surface area (Å²) in [4.78, 5) is 12.5. The molecule has 3 unspecified atom stereocenters. The molecule has 29 heavy (non-hydrogen) atoms. The molecule has 0 spiro atoms. The molecule has 8 heteroatoms. The number of amides is 1. The number of aromatic nitrogens is 3. The number of benzene rings is 1. The Morgan fingerprint density at radius 3 is 2.52 bits per heavy atom. The predicted molar refractivity (Wildman–Crippen MR) is 112 cm³/mol. The number of nitrogens with one attached hydrogen (secondary N) is 1. The first-order chi connectivity index (χ1) is 14.1. The van der Waals surface area contributed by atoms with E-state index in [4.69, 9.17) is 9.47 Å². The number of ether oxygens (including phenoxy) is 2. The van der Waals surface area contributed by atoms with E-state index in [1.807, 2.05) is 29.7 Å². The fraction of sp³-hybridized carbons (Fsp3) is 0.571. The second-order valence-corrected chi connectivity index (χ2v) is 8.73. The van der Waals surface area contributed by atoms with Crippen LogP contribution in [0, 0.1) is 11.8 Å². The summed E-state index contributed by atoms with van der Waals surface area (Å²) in [6.07, 6.45) is 5.03. The van der Waals surface area contributed by atoms with E-state index >= 15 is 0 Å². The van der Waals surface area contributed by atoms with E-state index in [0.717, 1.165) is 28.9 Å². The zero-order chi connectivity index (χ0) is 20.4. The van der Waals surface area contributed by atoms with E-state index in [1.54, 1.807) is 14.2 Å². The molecule has 2 aromatic rings. The molecular formula is C21H28N4O3S. The van der Waals surface area contributed by atoms with Gasteiger partial charge in [0, 0.05) is 24.2 Å². The van der Waals surface area contributed by atoms with Gasteiger partial charge in [-0.2, -0.15) is 0 Å². The van der Waals surface area contributed by atoms with Crippen molar-refractivity contribution in [2.24, 2.45) is 11.8 Å². The minimum absolute atomic E-state index is 0.0859. The Morgan fingerprint density at radius 1 is 1.17 bits per heavy atom. The van der Waals surface area contributed by atoms with E-state index in [9.17, 15) is 4.79 Å². The van der Waals surface area contributed by atoms with Crippen molar-refractivity contribution in [3.8, 4) is 22.9 Å². The number of nitrogens with zero attached hydrogens (tertiary/aromatic N) is 3. The molecule has 1 N–H and O–H groups in total. The number of rotatable bonds is 8. The summed E-state index contributed by atoms with van der Waals surface area (Å²) in [5.41, 5.74) is 0.869. The van der Waals surface area contributed by atoms with E-state index < -0.39 is 0 Å². The molecule has 156 valence electrons. The Labute approximate surface area is 175 Å². The van der Waals surface area contributed by atoms with Gasteiger partial charge in [-0.15, -0.1) is 10.2 Å². The summed E-state index contributed by atoms with van der Waals surface area (Å²) in [6.45, 7) is 2.75. The first kappa shape index (κ1) is 20.1. The monoisotopic (exact) mass is 416 g/mol. The number of carbonyl (C=O) groups is 1. The average molecular weight is 417 g/mol. The second-order valence-electron chi connectivity index (χ2n) is 7.79. The van der Waals surface area contributed by atoms with Gasteiger partial charge in [0.2, 0.25) is 5.91 Å². The van der Waals surface area contributed by atoms with Crippen molar-refractivity contribution in [3.63, 3.8) is 0 Å². The van der Waals surface area contributed by atoms with Crippen molar-refractivity contribution in [2.75, 3.05) is 20.0 Å². The van der Waals surface area contributed by atoms with Crippen LogP contribution in [0.1, 0.15) is 32.6 Å². The fourth-order valence-electron chi connectivity index (χ4n) is 4.63. The van der Waals surface area contributed by atoms with Crippen LogP contribution in [0.2, 0.25) is 0 Å². The van der Waals surface area contributed by atoms with E-state index in [2.05, 4.69) is 15.5 Å². The molecule has 2 aliphatic carbocycles. The summed E-state index contributed by atoms with van der Waals surface area (Å²) in [5, 5.41) is 12.7. The smallest absolute Gasteiger partial charge is 0.230 e. The van der Waals surface area contributed by atoms with E-state index in [-0.39, 0.29) is 5.91 Å². The molecule has 1 heterocycles. The summed E-state index contributed by atoms with van der Waals surface area (Å²) in [5.74, 6) is 4.08. The maximum absolute atomic E-state index is 12.5. The highest BCUT2D eigenvalue weighted by Gasteiger charge is 2.40. The van der Waals surface area contributed by atoms with Crippen LogP contribution in [-0.4, -0.2) is 46.7 Å². The molecule has 0 radical (unpaired) electrons. The quantitative estimate of drug-likeness (QED) is 0.665. The second kappa shape index (κ2) is 8.65. The lowest BCUT2D eigenvalue weighted by Crippen LogP contribution is -2.39. The van der Waals surface area contributed by atoms with Gasteiger partial charge in [0.25, 0.3) is 0 Å². The lowest BCUT2D eigenvalue weighted by molar-refractivity contribution is -0.119.